The number of aromatic nitrogens is 1. The largest absolute Gasteiger partial charge is 0.508 e. The summed E-state index contributed by atoms with van der Waals surface area (Å²) in [6.45, 7) is 3.69. The lowest BCUT2D eigenvalue weighted by molar-refractivity contribution is 0.469. The molecule has 0 saturated heterocycles. The number of nitrogens with one attached hydrogen (secondary N) is 1. The topological polar surface area (TPSA) is 45.2 Å². The third kappa shape index (κ3) is 3.01. The molecule has 0 saturated carbocycles. The van der Waals surface area contributed by atoms with Crippen molar-refractivity contribution in [2.24, 2.45) is 0 Å². The number of nitrogens with zero attached hydrogens (tertiary/aromatic N) is 1. The molecule has 0 unspecified atom stereocenters. The molecule has 2 N–H and O–H groups in total. The highest BCUT2D eigenvalue weighted by molar-refractivity contribution is 7.15. The van der Waals surface area contributed by atoms with Gasteiger partial charge in [0, 0.05) is 29.2 Å². The summed E-state index contributed by atoms with van der Waals surface area (Å²) in [7, 11) is 0. The van der Waals surface area contributed by atoms with E-state index in [4.69, 9.17) is 0 Å². The molecule has 0 radical (unpaired) electrons. The molecule has 0 aliphatic rings. The van der Waals surface area contributed by atoms with Crippen LogP contribution in [0.3, 0.4) is 0 Å². The maximum atomic E-state index is 13.1. The van der Waals surface area contributed by atoms with Crippen molar-refractivity contribution in [3.63, 3.8) is 0 Å². The minimum Gasteiger partial charge on any atom is -0.508 e. The van der Waals surface area contributed by atoms with E-state index in [2.05, 4.69) is 10.3 Å². The number of phenolic OH excluding ortho intramolecular Hbond substituents is 1. The first kappa shape index (κ1) is 12.0. The summed E-state index contributed by atoms with van der Waals surface area (Å²) in [5.74, 6) is -0.535. The van der Waals surface area contributed by atoms with Crippen LogP contribution in [0.1, 0.15) is 11.8 Å². The number of hydrogen-bond donors (Lipinski definition) is 2. The average molecular weight is 252 g/mol. The van der Waals surface area contributed by atoms with E-state index in [1.54, 1.807) is 6.20 Å². The van der Waals surface area contributed by atoms with Crippen molar-refractivity contribution >= 4 is 11.3 Å². The average Bonchev–Trinajstić information content (AvgIpc) is 2.73. The molecule has 90 valence electrons. The lowest BCUT2D eigenvalue weighted by Gasteiger charge is -1.98. The molecule has 0 fully saturated rings. The van der Waals surface area contributed by atoms with Crippen molar-refractivity contribution in [2.75, 3.05) is 6.54 Å². The Labute approximate surface area is 103 Å². The van der Waals surface area contributed by atoms with Crippen LogP contribution in [0.5, 0.6) is 5.75 Å². The zero-order valence-electron chi connectivity index (χ0n) is 9.40. The van der Waals surface area contributed by atoms with Crippen molar-refractivity contribution in [2.45, 2.75) is 13.5 Å². The van der Waals surface area contributed by atoms with E-state index in [0.29, 0.717) is 10.6 Å². The number of benzene rings is 1. The molecule has 1 aromatic heterocycles. The van der Waals surface area contributed by atoms with Crippen LogP contribution in [-0.2, 0) is 6.54 Å². The summed E-state index contributed by atoms with van der Waals surface area (Å²) in [5, 5.41) is 13.2. The van der Waals surface area contributed by atoms with Crippen LogP contribution in [0.2, 0.25) is 0 Å². The molecule has 3 nitrogen and oxygen atoms in total. The van der Waals surface area contributed by atoms with Gasteiger partial charge in [0.05, 0.1) is 0 Å². The zero-order valence-corrected chi connectivity index (χ0v) is 10.2. The second-order valence-electron chi connectivity index (χ2n) is 3.61. The molecule has 0 aliphatic carbocycles. The Morgan fingerprint density at radius 2 is 2.24 bits per heavy atom. The maximum Gasteiger partial charge on any atom is 0.127 e. The van der Waals surface area contributed by atoms with Crippen LogP contribution >= 0.6 is 11.3 Å². The predicted octanol–water partition coefficient (Wildman–Crippen LogP) is 2.76. The second-order valence-corrected chi connectivity index (χ2v) is 4.73. The Hall–Kier alpha value is -1.46. The van der Waals surface area contributed by atoms with E-state index >= 15 is 0 Å². The number of halogens is 1. The van der Waals surface area contributed by atoms with Crippen LogP contribution in [-0.4, -0.2) is 16.6 Å². The monoisotopic (exact) mass is 252 g/mol. The fraction of sp³-hybridized carbons (Fsp3) is 0.250. The van der Waals surface area contributed by atoms with Crippen LogP contribution < -0.4 is 5.32 Å². The smallest absolute Gasteiger partial charge is 0.127 e. The molecule has 17 heavy (non-hydrogen) atoms. The van der Waals surface area contributed by atoms with Gasteiger partial charge in [0.2, 0.25) is 0 Å². The van der Waals surface area contributed by atoms with E-state index in [-0.39, 0.29) is 5.75 Å². The summed E-state index contributed by atoms with van der Waals surface area (Å²) < 4.78 is 13.1. The summed E-state index contributed by atoms with van der Waals surface area (Å²) in [6.07, 6.45) is 1.77. The number of aromatic hydroxyl groups is 1. The van der Waals surface area contributed by atoms with Crippen molar-refractivity contribution in [3.8, 4) is 16.3 Å². The molecule has 1 heterocycles. The molecular formula is C12H13FN2OS. The van der Waals surface area contributed by atoms with Gasteiger partial charge >= 0.3 is 0 Å². The summed E-state index contributed by atoms with van der Waals surface area (Å²) >= 11 is 1.49. The lowest BCUT2D eigenvalue weighted by Crippen LogP contribution is -2.10. The molecule has 0 bridgehead atoms. The van der Waals surface area contributed by atoms with Crippen molar-refractivity contribution in [1.29, 1.82) is 0 Å². The fourth-order valence-electron chi connectivity index (χ4n) is 1.47. The van der Waals surface area contributed by atoms with Gasteiger partial charge in [-0.3, -0.25) is 0 Å². The predicted molar refractivity (Wildman–Crippen MR) is 66.6 cm³/mol. The molecule has 0 spiro atoms. The van der Waals surface area contributed by atoms with Gasteiger partial charge in [-0.05, 0) is 18.7 Å². The summed E-state index contributed by atoms with van der Waals surface area (Å²) in [5.41, 5.74) is 0.607. The molecule has 1 aromatic carbocycles. The van der Waals surface area contributed by atoms with Gasteiger partial charge in [0.15, 0.2) is 0 Å². The third-order valence-electron chi connectivity index (χ3n) is 2.23. The Morgan fingerprint density at radius 3 is 2.94 bits per heavy atom. The molecule has 2 rings (SSSR count). The van der Waals surface area contributed by atoms with Crippen molar-refractivity contribution in [1.82, 2.24) is 10.3 Å². The Morgan fingerprint density at radius 1 is 1.41 bits per heavy atom. The maximum absolute atomic E-state index is 13.1. The highest BCUT2D eigenvalue weighted by Gasteiger charge is 2.07. The van der Waals surface area contributed by atoms with Crippen LogP contribution in [0.15, 0.2) is 24.4 Å². The number of thiazole rings is 1. The molecule has 0 atom stereocenters. The minimum atomic E-state index is -0.455. The van der Waals surface area contributed by atoms with Crippen LogP contribution in [0.25, 0.3) is 10.6 Å². The highest BCUT2D eigenvalue weighted by Crippen LogP contribution is 2.28. The van der Waals surface area contributed by atoms with Crippen molar-refractivity contribution < 1.29 is 9.50 Å². The van der Waals surface area contributed by atoms with Crippen LogP contribution in [0, 0.1) is 5.82 Å². The van der Waals surface area contributed by atoms with E-state index in [9.17, 15) is 9.50 Å². The van der Waals surface area contributed by atoms with E-state index in [0.717, 1.165) is 24.0 Å². The first-order chi connectivity index (χ1) is 8.19. The second kappa shape index (κ2) is 5.25. The Balaban J connectivity index is 2.24. The van der Waals surface area contributed by atoms with E-state index in [1.807, 2.05) is 6.92 Å². The standard InChI is InChI=1S/C12H13FN2OS/c1-2-14-6-11-7-15-12(17-11)8-3-9(13)5-10(16)4-8/h3-5,7,14,16H,2,6H2,1H3. The third-order valence-corrected chi connectivity index (χ3v) is 3.28. The molecular weight excluding hydrogens is 239 g/mol. The molecule has 0 amide bonds. The van der Waals surface area contributed by atoms with Gasteiger partial charge in [-0.15, -0.1) is 11.3 Å². The quantitative estimate of drug-likeness (QED) is 0.879. The van der Waals surface area contributed by atoms with Gasteiger partial charge in [-0.1, -0.05) is 6.92 Å². The van der Waals surface area contributed by atoms with Crippen LogP contribution in [0.4, 0.5) is 4.39 Å². The van der Waals surface area contributed by atoms with Crippen molar-refractivity contribution in [3.05, 3.63) is 35.1 Å². The first-order valence-electron chi connectivity index (χ1n) is 5.34. The van der Waals surface area contributed by atoms with Gasteiger partial charge in [0.1, 0.15) is 16.6 Å². The number of phenols is 1. The van der Waals surface area contributed by atoms with E-state index < -0.39 is 5.82 Å². The first-order valence-corrected chi connectivity index (χ1v) is 6.16. The fourth-order valence-corrected chi connectivity index (χ4v) is 2.34. The molecule has 2 aromatic rings. The van der Waals surface area contributed by atoms with Gasteiger partial charge in [0.25, 0.3) is 0 Å². The number of hydrogen-bond acceptors (Lipinski definition) is 4. The highest BCUT2D eigenvalue weighted by atomic mass is 32.1. The SMILES string of the molecule is CCNCc1cnc(-c2cc(O)cc(F)c2)s1. The van der Waals surface area contributed by atoms with Gasteiger partial charge in [-0.2, -0.15) is 0 Å². The normalized spacial score (nSPS) is 10.7. The Bertz CT molecular complexity index is 493. The van der Waals surface area contributed by atoms with Gasteiger partial charge in [-0.25, -0.2) is 9.37 Å². The zero-order chi connectivity index (χ0) is 12.3. The summed E-state index contributed by atoms with van der Waals surface area (Å²) in [6, 6.07) is 3.96. The number of rotatable bonds is 4. The molecule has 0 aliphatic heterocycles. The van der Waals surface area contributed by atoms with Gasteiger partial charge < -0.3 is 10.4 Å². The van der Waals surface area contributed by atoms with E-state index in [1.165, 1.54) is 23.5 Å². The summed E-state index contributed by atoms with van der Waals surface area (Å²) in [4.78, 5) is 5.31. The molecule has 5 heteroatoms. The lowest BCUT2D eigenvalue weighted by atomic mass is 10.2. The Kier molecular flexibility index (Phi) is 3.71. The minimum absolute atomic E-state index is 0.0802.